The van der Waals surface area contributed by atoms with E-state index in [1.807, 2.05) is 24.3 Å². The fourth-order valence-corrected chi connectivity index (χ4v) is 1.23. The van der Waals surface area contributed by atoms with Crippen LogP contribution in [0.5, 0.6) is 5.75 Å². The first-order valence-corrected chi connectivity index (χ1v) is 4.57. The Morgan fingerprint density at radius 1 is 1.07 bits per heavy atom. The number of nitrogens with one attached hydrogen (secondary N) is 1. The van der Waals surface area contributed by atoms with Crippen molar-refractivity contribution in [3.8, 4) is 5.75 Å². The normalized spacial score (nSPS) is 9.67. The van der Waals surface area contributed by atoms with Crippen LogP contribution in [-0.2, 0) is 0 Å². The van der Waals surface area contributed by atoms with Crippen LogP contribution in [0.25, 0.3) is 0 Å². The van der Waals surface area contributed by atoms with E-state index >= 15 is 0 Å². The fourth-order valence-electron chi connectivity index (χ4n) is 1.23. The van der Waals surface area contributed by atoms with Crippen molar-refractivity contribution in [2.24, 2.45) is 0 Å². The van der Waals surface area contributed by atoms with Gasteiger partial charge in [-0.3, -0.25) is 0 Å². The van der Waals surface area contributed by atoms with Gasteiger partial charge in [0.15, 0.2) is 0 Å². The Labute approximate surface area is 88.0 Å². The maximum Gasteiger partial charge on any atom is 0.227 e. The Balaban J connectivity index is 2.24. The predicted molar refractivity (Wildman–Crippen MR) is 58.3 cm³/mol. The number of methoxy groups -OCH3 is 1. The maximum absolute atomic E-state index is 5.20. The largest absolute Gasteiger partial charge is 0.495 e. The first-order chi connectivity index (χ1) is 7.40. The van der Waals surface area contributed by atoms with E-state index in [1.165, 1.54) is 0 Å². The SMILES string of the molecule is COc1ccccc1Nc1ncccn1. The van der Waals surface area contributed by atoms with Crippen LogP contribution in [0, 0.1) is 0 Å². The van der Waals surface area contributed by atoms with Gasteiger partial charge in [0, 0.05) is 12.4 Å². The summed E-state index contributed by atoms with van der Waals surface area (Å²) in [7, 11) is 1.63. The highest BCUT2D eigenvalue weighted by molar-refractivity contribution is 5.61. The highest BCUT2D eigenvalue weighted by Gasteiger charge is 2.01. The summed E-state index contributed by atoms with van der Waals surface area (Å²) >= 11 is 0. The fraction of sp³-hybridized carbons (Fsp3) is 0.0909. The average molecular weight is 201 g/mol. The Hall–Kier alpha value is -2.10. The highest BCUT2D eigenvalue weighted by atomic mass is 16.5. The molecule has 15 heavy (non-hydrogen) atoms. The van der Waals surface area contributed by atoms with Crippen LogP contribution in [0.3, 0.4) is 0 Å². The zero-order chi connectivity index (χ0) is 10.5. The molecule has 0 saturated carbocycles. The van der Waals surface area contributed by atoms with Crippen LogP contribution < -0.4 is 10.1 Å². The lowest BCUT2D eigenvalue weighted by Crippen LogP contribution is -1.97. The van der Waals surface area contributed by atoms with E-state index in [0.717, 1.165) is 11.4 Å². The van der Waals surface area contributed by atoms with Crippen molar-refractivity contribution >= 4 is 11.6 Å². The lowest BCUT2D eigenvalue weighted by molar-refractivity contribution is 0.417. The third-order valence-electron chi connectivity index (χ3n) is 1.92. The molecule has 2 aromatic rings. The van der Waals surface area contributed by atoms with E-state index < -0.39 is 0 Å². The summed E-state index contributed by atoms with van der Waals surface area (Å²) in [6.45, 7) is 0. The van der Waals surface area contributed by atoms with Crippen LogP contribution in [0.2, 0.25) is 0 Å². The number of anilines is 2. The molecule has 0 radical (unpaired) electrons. The summed E-state index contributed by atoms with van der Waals surface area (Å²) < 4.78 is 5.20. The minimum absolute atomic E-state index is 0.557. The van der Waals surface area contributed by atoms with Gasteiger partial charge in [-0.2, -0.15) is 0 Å². The number of benzene rings is 1. The molecule has 4 heteroatoms. The van der Waals surface area contributed by atoms with Crippen molar-refractivity contribution in [1.82, 2.24) is 9.97 Å². The van der Waals surface area contributed by atoms with Crippen LogP contribution in [0.1, 0.15) is 0 Å². The van der Waals surface area contributed by atoms with Crippen molar-refractivity contribution < 1.29 is 4.74 Å². The number of rotatable bonds is 3. The molecule has 0 aliphatic rings. The van der Waals surface area contributed by atoms with Gasteiger partial charge in [0.25, 0.3) is 0 Å². The van der Waals surface area contributed by atoms with Crippen molar-refractivity contribution in [2.75, 3.05) is 12.4 Å². The minimum Gasteiger partial charge on any atom is -0.495 e. The van der Waals surface area contributed by atoms with Crippen molar-refractivity contribution in [1.29, 1.82) is 0 Å². The number of aromatic nitrogens is 2. The smallest absolute Gasteiger partial charge is 0.227 e. The molecule has 1 aromatic heterocycles. The summed E-state index contributed by atoms with van der Waals surface area (Å²) in [5.74, 6) is 1.33. The van der Waals surface area contributed by atoms with E-state index in [4.69, 9.17) is 4.74 Å². The zero-order valence-corrected chi connectivity index (χ0v) is 8.34. The molecule has 0 aliphatic carbocycles. The molecular formula is C11H11N3O. The summed E-state index contributed by atoms with van der Waals surface area (Å²) in [6, 6.07) is 9.40. The standard InChI is InChI=1S/C11H11N3O/c1-15-10-6-3-2-5-9(10)14-11-12-7-4-8-13-11/h2-8H,1H3,(H,12,13,14). The third-order valence-corrected chi connectivity index (χ3v) is 1.92. The molecule has 1 heterocycles. The molecule has 0 fully saturated rings. The quantitative estimate of drug-likeness (QED) is 0.827. The molecule has 0 bridgehead atoms. The van der Waals surface area contributed by atoms with Gasteiger partial charge in [0.1, 0.15) is 5.75 Å². The Morgan fingerprint density at radius 3 is 2.53 bits per heavy atom. The summed E-state index contributed by atoms with van der Waals surface area (Å²) in [5.41, 5.74) is 0.853. The lowest BCUT2D eigenvalue weighted by Gasteiger charge is -2.08. The minimum atomic E-state index is 0.557. The molecule has 0 atom stereocenters. The predicted octanol–water partition coefficient (Wildman–Crippen LogP) is 2.23. The number of hydrogen-bond donors (Lipinski definition) is 1. The van der Waals surface area contributed by atoms with Gasteiger partial charge < -0.3 is 10.1 Å². The number of ether oxygens (including phenoxy) is 1. The van der Waals surface area contributed by atoms with Gasteiger partial charge in [-0.05, 0) is 18.2 Å². The van der Waals surface area contributed by atoms with Gasteiger partial charge in [0.05, 0.1) is 12.8 Å². The summed E-state index contributed by atoms with van der Waals surface area (Å²) in [6.07, 6.45) is 3.37. The molecule has 2 rings (SSSR count). The van der Waals surface area contributed by atoms with Gasteiger partial charge in [0.2, 0.25) is 5.95 Å². The average Bonchev–Trinajstić information content (AvgIpc) is 2.31. The summed E-state index contributed by atoms with van der Waals surface area (Å²) in [5, 5.41) is 3.08. The van der Waals surface area contributed by atoms with E-state index in [-0.39, 0.29) is 0 Å². The number of hydrogen-bond acceptors (Lipinski definition) is 4. The lowest BCUT2D eigenvalue weighted by atomic mass is 10.3. The van der Waals surface area contributed by atoms with E-state index in [0.29, 0.717) is 5.95 Å². The summed E-state index contributed by atoms with van der Waals surface area (Å²) in [4.78, 5) is 8.14. The van der Waals surface area contributed by atoms with Gasteiger partial charge >= 0.3 is 0 Å². The molecule has 0 unspecified atom stereocenters. The Kier molecular flexibility index (Phi) is 2.78. The van der Waals surface area contributed by atoms with Crippen molar-refractivity contribution in [3.63, 3.8) is 0 Å². The third kappa shape index (κ3) is 2.22. The second-order valence-electron chi connectivity index (χ2n) is 2.90. The number of para-hydroxylation sites is 2. The molecule has 1 N–H and O–H groups in total. The molecule has 4 nitrogen and oxygen atoms in total. The second-order valence-corrected chi connectivity index (χ2v) is 2.90. The number of nitrogens with zero attached hydrogens (tertiary/aromatic N) is 2. The molecule has 1 aromatic carbocycles. The van der Waals surface area contributed by atoms with Gasteiger partial charge in [-0.1, -0.05) is 12.1 Å². The first-order valence-electron chi connectivity index (χ1n) is 4.57. The second kappa shape index (κ2) is 4.41. The van der Waals surface area contributed by atoms with Crippen LogP contribution in [0.4, 0.5) is 11.6 Å². The molecule has 0 spiro atoms. The topological polar surface area (TPSA) is 47.0 Å². The van der Waals surface area contributed by atoms with E-state index in [2.05, 4.69) is 15.3 Å². The van der Waals surface area contributed by atoms with E-state index in [1.54, 1.807) is 25.6 Å². The van der Waals surface area contributed by atoms with Crippen LogP contribution in [-0.4, -0.2) is 17.1 Å². The molecule has 0 saturated heterocycles. The molecule has 0 amide bonds. The maximum atomic E-state index is 5.20. The van der Waals surface area contributed by atoms with Crippen LogP contribution >= 0.6 is 0 Å². The van der Waals surface area contributed by atoms with Crippen molar-refractivity contribution in [2.45, 2.75) is 0 Å². The monoisotopic (exact) mass is 201 g/mol. The van der Waals surface area contributed by atoms with Crippen molar-refractivity contribution in [3.05, 3.63) is 42.7 Å². The zero-order valence-electron chi connectivity index (χ0n) is 8.34. The van der Waals surface area contributed by atoms with Crippen LogP contribution in [0.15, 0.2) is 42.7 Å². The molecular weight excluding hydrogens is 190 g/mol. The Morgan fingerprint density at radius 2 is 1.80 bits per heavy atom. The van der Waals surface area contributed by atoms with E-state index in [9.17, 15) is 0 Å². The Bertz CT molecular complexity index is 431. The molecule has 0 aliphatic heterocycles. The molecule has 76 valence electrons. The van der Waals surface area contributed by atoms with Gasteiger partial charge in [-0.15, -0.1) is 0 Å². The van der Waals surface area contributed by atoms with Gasteiger partial charge in [-0.25, -0.2) is 9.97 Å². The highest BCUT2D eigenvalue weighted by Crippen LogP contribution is 2.24. The first kappa shape index (κ1) is 9.45.